The summed E-state index contributed by atoms with van der Waals surface area (Å²) in [5.41, 5.74) is 2.82. The number of para-hydroxylation sites is 1. The Labute approximate surface area is 181 Å². The molecule has 1 heterocycles. The molecule has 0 aliphatic heterocycles. The lowest BCUT2D eigenvalue weighted by molar-refractivity contribution is 0.164. The molecule has 1 amide bonds. The molecule has 0 aliphatic carbocycles. The maximum Gasteiger partial charge on any atom is 0.441 e. The smallest absolute Gasteiger partial charge is 0.441 e. The SMILES string of the molecule is CCOC(=O)N=S(C)(=O)Cc1cccc(Nc2nncc(-c3ccccc3OC)n2)c1. The second-order valence-corrected chi connectivity index (χ2v) is 8.97. The van der Waals surface area contributed by atoms with Crippen molar-refractivity contribution < 1.29 is 18.5 Å². The lowest BCUT2D eigenvalue weighted by Gasteiger charge is -2.10. The van der Waals surface area contributed by atoms with E-state index >= 15 is 0 Å². The number of hydrogen-bond donors (Lipinski definition) is 1. The van der Waals surface area contributed by atoms with Crippen molar-refractivity contribution in [3.8, 4) is 17.0 Å². The predicted octanol–water partition coefficient (Wildman–Crippen LogP) is 4.05. The van der Waals surface area contributed by atoms with Gasteiger partial charge in [0.2, 0.25) is 5.95 Å². The number of anilines is 2. The normalized spacial score (nSPS) is 12.5. The van der Waals surface area contributed by atoms with Gasteiger partial charge in [-0.1, -0.05) is 24.3 Å². The van der Waals surface area contributed by atoms with Crippen LogP contribution in [0.2, 0.25) is 0 Å². The number of benzene rings is 2. The fourth-order valence-electron chi connectivity index (χ4n) is 2.86. The van der Waals surface area contributed by atoms with Gasteiger partial charge in [-0.25, -0.2) is 14.0 Å². The van der Waals surface area contributed by atoms with Gasteiger partial charge >= 0.3 is 6.09 Å². The Kier molecular flexibility index (Phi) is 7.14. The minimum absolute atomic E-state index is 0.0989. The van der Waals surface area contributed by atoms with Crippen LogP contribution in [0, 0.1) is 0 Å². The molecule has 31 heavy (non-hydrogen) atoms. The Bertz CT molecular complexity index is 1190. The average Bonchev–Trinajstić information content (AvgIpc) is 2.73. The molecule has 10 heteroatoms. The highest BCUT2D eigenvalue weighted by Gasteiger charge is 2.11. The standard InChI is InChI=1S/C21H23N5O4S/c1-4-30-21(27)26-31(3,28)14-15-8-7-9-16(12-15)23-20-24-18(13-22-25-20)17-10-5-6-11-19(17)29-2/h5-13H,4,14H2,1-3H3,(H,23,24,25). The molecule has 0 saturated heterocycles. The van der Waals surface area contributed by atoms with Crippen LogP contribution in [0.15, 0.2) is 59.1 Å². The van der Waals surface area contributed by atoms with Gasteiger partial charge in [-0.05, 0) is 36.8 Å². The quantitative estimate of drug-likeness (QED) is 0.584. The van der Waals surface area contributed by atoms with Crippen molar-refractivity contribution in [2.75, 3.05) is 25.3 Å². The van der Waals surface area contributed by atoms with E-state index in [2.05, 4.69) is 24.9 Å². The number of aromatic nitrogens is 3. The van der Waals surface area contributed by atoms with Gasteiger partial charge in [-0.2, -0.15) is 5.10 Å². The first kappa shape index (κ1) is 22.2. The molecule has 1 N–H and O–H groups in total. The molecule has 3 rings (SSSR count). The molecule has 1 aromatic heterocycles. The van der Waals surface area contributed by atoms with E-state index in [-0.39, 0.29) is 12.4 Å². The molecular weight excluding hydrogens is 418 g/mol. The van der Waals surface area contributed by atoms with Gasteiger partial charge in [0, 0.05) is 17.5 Å². The Morgan fingerprint density at radius 1 is 1.19 bits per heavy atom. The first-order chi connectivity index (χ1) is 14.9. The number of hydrogen-bond acceptors (Lipinski definition) is 8. The summed E-state index contributed by atoms with van der Waals surface area (Å²) in [7, 11) is -1.19. The number of rotatable bonds is 7. The van der Waals surface area contributed by atoms with Gasteiger partial charge in [0.05, 0.1) is 41.1 Å². The van der Waals surface area contributed by atoms with Gasteiger partial charge in [0.1, 0.15) is 5.75 Å². The van der Waals surface area contributed by atoms with Gasteiger partial charge in [0.15, 0.2) is 0 Å². The first-order valence-electron chi connectivity index (χ1n) is 9.46. The number of carbonyl (C=O) groups excluding carboxylic acids is 1. The van der Waals surface area contributed by atoms with Gasteiger partial charge in [0.25, 0.3) is 0 Å². The fraction of sp³-hybridized carbons (Fsp3) is 0.238. The highest BCUT2D eigenvalue weighted by molar-refractivity contribution is 7.92. The monoisotopic (exact) mass is 441 g/mol. The van der Waals surface area contributed by atoms with E-state index in [1.807, 2.05) is 30.3 Å². The van der Waals surface area contributed by atoms with E-state index in [1.54, 1.807) is 38.4 Å². The summed E-state index contributed by atoms with van der Waals surface area (Å²) >= 11 is 0. The number of amides is 1. The Morgan fingerprint density at radius 2 is 2.00 bits per heavy atom. The lowest BCUT2D eigenvalue weighted by Crippen LogP contribution is -2.07. The van der Waals surface area contributed by atoms with Crippen LogP contribution < -0.4 is 10.1 Å². The number of carbonyl (C=O) groups is 1. The Hall–Kier alpha value is -3.53. The van der Waals surface area contributed by atoms with Crippen molar-refractivity contribution in [3.05, 3.63) is 60.3 Å². The maximum absolute atomic E-state index is 12.6. The molecule has 162 valence electrons. The van der Waals surface area contributed by atoms with E-state index in [1.165, 1.54) is 6.26 Å². The van der Waals surface area contributed by atoms with Crippen LogP contribution in [0.1, 0.15) is 12.5 Å². The molecule has 1 atom stereocenters. The third-order valence-electron chi connectivity index (χ3n) is 4.09. The zero-order chi connectivity index (χ0) is 22.3. The van der Waals surface area contributed by atoms with E-state index in [9.17, 15) is 9.00 Å². The van der Waals surface area contributed by atoms with Gasteiger partial charge in [-0.15, -0.1) is 9.46 Å². The van der Waals surface area contributed by atoms with E-state index in [0.29, 0.717) is 23.1 Å². The number of ether oxygens (including phenoxy) is 2. The summed E-state index contributed by atoms with van der Waals surface area (Å²) in [6.45, 7) is 1.85. The molecule has 9 nitrogen and oxygen atoms in total. The van der Waals surface area contributed by atoms with Gasteiger partial charge < -0.3 is 14.8 Å². The molecule has 0 fully saturated rings. The molecule has 2 aromatic carbocycles. The second-order valence-electron chi connectivity index (χ2n) is 6.58. The maximum atomic E-state index is 12.6. The molecule has 0 spiro atoms. The lowest BCUT2D eigenvalue weighted by atomic mass is 10.1. The Balaban J connectivity index is 1.80. The topological polar surface area (TPSA) is 116 Å². The fourth-order valence-corrected chi connectivity index (χ4v) is 4.09. The summed E-state index contributed by atoms with van der Waals surface area (Å²) in [6, 6.07) is 14.7. The van der Waals surface area contributed by atoms with Crippen molar-refractivity contribution in [1.82, 2.24) is 15.2 Å². The predicted molar refractivity (Wildman–Crippen MR) is 119 cm³/mol. The van der Waals surface area contributed by atoms with Crippen LogP contribution in [0.5, 0.6) is 5.75 Å². The van der Waals surface area contributed by atoms with E-state index in [4.69, 9.17) is 9.47 Å². The summed E-state index contributed by atoms with van der Waals surface area (Å²) in [5.74, 6) is 1.08. The Morgan fingerprint density at radius 3 is 2.77 bits per heavy atom. The zero-order valence-corrected chi connectivity index (χ0v) is 18.3. The number of methoxy groups -OCH3 is 1. The summed E-state index contributed by atoms with van der Waals surface area (Å²) < 4.78 is 26.4. The summed E-state index contributed by atoms with van der Waals surface area (Å²) in [6.07, 6.45) is 2.16. The minimum Gasteiger partial charge on any atom is -0.496 e. The molecule has 0 bridgehead atoms. The zero-order valence-electron chi connectivity index (χ0n) is 17.4. The summed E-state index contributed by atoms with van der Waals surface area (Å²) in [4.78, 5) is 16.0. The minimum atomic E-state index is -2.78. The molecule has 1 unspecified atom stereocenters. The summed E-state index contributed by atoms with van der Waals surface area (Å²) in [5, 5.41) is 11.2. The van der Waals surface area contributed by atoms with Crippen molar-refractivity contribution >= 4 is 27.5 Å². The van der Waals surface area contributed by atoms with Crippen LogP contribution in [0.25, 0.3) is 11.3 Å². The molecule has 0 aliphatic rings. The van der Waals surface area contributed by atoms with Crippen molar-refractivity contribution in [3.63, 3.8) is 0 Å². The van der Waals surface area contributed by atoms with Gasteiger partial charge in [-0.3, -0.25) is 0 Å². The van der Waals surface area contributed by atoms with Crippen molar-refractivity contribution in [2.24, 2.45) is 4.36 Å². The third-order valence-corrected chi connectivity index (χ3v) is 5.50. The van der Waals surface area contributed by atoms with Crippen LogP contribution in [-0.4, -0.2) is 45.5 Å². The molecule has 0 saturated carbocycles. The molecular formula is C21H23N5O4S. The van der Waals surface area contributed by atoms with E-state index in [0.717, 1.165) is 11.1 Å². The largest absolute Gasteiger partial charge is 0.496 e. The average molecular weight is 442 g/mol. The van der Waals surface area contributed by atoms with Crippen LogP contribution in [-0.2, 0) is 20.2 Å². The number of nitrogens with one attached hydrogen (secondary N) is 1. The highest BCUT2D eigenvalue weighted by Crippen LogP contribution is 2.28. The number of nitrogens with zero attached hydrogens (tertiary/aromatic N) is 4. The van der Waals surface area contributed by atoms with Crippen LogP contribution in [0.4, 0.5) is 16.4 Å². The molecule has 3 aromatic rings. The van der Waals surface area contributed by atoms with E-state index < -0.39 is 15.8 Å². The molecule has 0 radical (unpaired) electrons. The van der Waals surface area contributed by atoms with Crippen molar-refractivity contribution in [1.29, 1.82) is 0 Å². The second kappa shape index (κ2) is 9.98. The van der Waals surface area contributed by atoms with Crippen LogP contribution >= 0.6 is 0 Å². The first-order valence-corrected chi connectivity index (χ1v) is 11.5. The highest BCUT2D eigenvalue weighted by atomic mass is 32.2. The van der Waals surface area contributed by atoms with Crippen LogP contribution in [0.3, 0.4) is 0 Å². The van der Waals surface area contributed by atoms with Crippen molar-refractivity contribution in [2.45, 2.75) is 12.7 Å². The third kappa shape index (κ3) is 6.22.